The molecule has 1 aliphatic carbocycles. The summed E-state index contributed by atoms with van der Waals surface area (Å²) in [5, 5.41) is 5.04. The van der Waals surface area contributed by atoms with Crippen LogP contribution in [-0.2, 0) is 6.42 Å². The van der Waals surface area contributed by atoms with Gasteiger partial charge in [-0.25, -0.2) is 0 Å². The molecule has 0 fully saturated rings. The minimum absolute atomic E-state index is 0.993. The maximum absolute atomic E-state index is 2.53. The van der Waals surface area contributed by atoms with Gasteiger partial charge in [0.1, 0.15) is 0 Å². The average molecular weight is 639 g/mol. The van der Waals surface area contributed by atoms with Crippen molar-refractivity contribution >= 4 is 55.6 Å². The number of rotatable bonds is 5. The Hall–Kier alpha value is -6.38. The van der Waals surface area contributed by atoms with Crippen molar-refractivity contribution in [1.82, 2.24) is 0 Å². The van der Waals surface area contributed by atoms with Crippen molar-refractivity contribution in [2.75, 3.05) is 9.80 Å². The third-order valence-electron chi connectivity index (χ3n) is 10.5. The highest BCUT2D eigenvalue weighted by Crippen LogP contribution is 2.51. The summed E-state index contributed by atoms with van der Waals surface area (Å²) < 4.78 is 0. The van der Waals surface area contributed by atoms with Crippen LogP contribution in [0.5, 0.6) is 0 Å². The van der Waals surface area contributed by atoms with E-state index in [1.165, 1.54) is 72.0 Å². The molecule has 0 N–H and O–H groups in total. The lowest BCUT2D eigenvalue weighted by Crippen LogP contribution is -2.25. The van der Waals surface area contributed by atoms with E-state index in [0.29, 0.717) is 0 Å². The predicted octanol–water partition coefficient (Wildman–Crippen LogP) is 13.0. The molecule has 1 aliphatic heterocycles. The molecule has 8 aromatic rings. The van der Waals surface area contributed by atoms with Gasteiger partial charge in [-0.05, 0) is 100.0 Å². The molecule has 2 heteroatoms. The van der Waals surface area contributed by atoms with Gasteiger partial charge in [0, 0.05) is 39.1 Å². The van der Waals surface area contributed by atoms with Crippen LogP contribution < -0.4 is 9.80 Å². The number of nitrogens with zero attached hydrogens (tertiary/aromatic N) is 2. The molecule has 236 valence electrons. The van der Waals surface area contributed by atoms with Crippen molar-refractivity contribution in [2.45, 2.75) is 12.8 Å². The van der Waals surface area contributed by atoms with E-state index in [-0.39, 0.29) is 0 Å². The topological polar surface area (TPSA) is 6.48 Å². The van der Waals surface area contributed by atoms with Crippen molar-refractivity contribution in [3.8, 4) is 11.1 Å². The smallest absolute Gasteiger partial charge is 0.0543 e. The summed E-state index contributed by atoms with van der Waals surface area (Å²) in [5.74, 6) is 0. The van der Waals surface area contributed by atoms with E-state index in [1.807, 2.05) is 0 Å². The predicted molar refractivity (Wildman–Crippen MR) is 211 cm³/mol. The molecular weight excluding hydrogens is 605 g/mol. The van der Waals surface area contributed by atoms with Gasteiger partial charge in [-0.2, -0.15) is 0 Å². The second-order valence-corrected chi connectivity index (χ2v) is 13.3. The zero-order chi connectivity index (χ0) is 33.0. The van der Waals surface area contributed by atoms with Crippen LogP contribution in [0.3, 0.4) is 0 Å². The first-order valence-electron chi connectivity index (χ1n) is 17.5. The average Bonchev–Trinajstić information content (AvgIpc) is 3.19. The summed E-state index contributed by atoms with van der Waals surface area (Å²) in [6.07, 6.45) is 2.03. The Morgan fingerprint density at radius 3 is 2.04 bits per heavy atom. The van der Waals surface area contributed by atoms with Crippen LogP contribution in [0.15, 0.2) is 188 Å². The van der Waals surface area contributed by atoms with E-state index in [0.717, 1.165) is 29.9 Å². The van der Waals surface area contributed by atoms with E-state index in [4.69, 9.17) is 0 Å². The number of hydrogen-bond donors (Lipinski definition) is 0. The van der Waals surface area contributed by atoms with Crippen LogP contribution in [-0.4, -0.2) is 0 Å². The van der Waals surface area contributed by atoms with Gasteiger partial charge in [0.2, 0.25) is 0 Å². The summed E-state index contributed by atoms with van der Waals surface area (Å²) in [7, 11) is 0. The maximum Gasteiger partial charge on any atom is 0.0543 e. The van der Waals surface area contributed by atoms with Crippen molar-refractivity contribution in [3.63, 3.8) is 0 Å². The Morgan fingerprint density at radius 2 is 1.14 bits per heavy atom. The highest BCUT2D eigenvalue weighted by Gasteiger charge is 2.32. The monoisotopic (exact) mass is 638 g/mol. The van der Waals surface area contributed by atoms with E-state index in [1.54, 1.807) is 0 Å². The van der Waals surface area contributed by atoms with Gasteiger partial charge < -0.3 is 9.80 Å². The molecule has 2 nitrogen and oxygen atoms in total. The normalized spacial score (nSPS) is 13.3. The number of anilines is 5. The molecule has 0 bridgehead atoms. The fourth-order valence-electron chi connectivity index (χ4n) is 8.23. The molecule has 0 saturated carbocycles. The highest BCUT2D eigenvalue weighted by atomic mass is 15.2. The maximum atomic E-state index is 2.53. The molecule has 0 aromatic heterocycles. The molecule has 8 aromatic carbocycles. The number of aryl methyl sites for hydroxylation is 1. The second-order valence-electron chi connectivity index (χ2n) is 13.3. The van der Waals surface area contributed by atoms with E-state index >= 15 is 0 Å². The van der Waals surface area contributed by atoms with Gasteiger partial charge in [-0.1, -0.05) is 133 Å². The lowest BCUT2D eigenvalue weighted by atomic mass is 9.80. The van der Waals surface area contributed by atoms with Gasteiger partial charge in [-0.3, -0.25) is 0 Å². The van der Waals surface area contributed by atoms with Gasteiger partial charge >= 0.3 is 0 Å². The number of benzene rings is 8. The standard InChI is InChI=1S/C48H34N2/c1-2-12-33(13-3-1)37-19-8-20-40(32-37)49(44-24-10-16-34-14-4-6-21-41(34)44)38-27-29-39(30-28-38)50-45-25-11-18-36-17-9-23-43(47(36)45)48-42-22-7-5-15-35(42)26-31-46(48)50/h1-25,27-30,32H,26,31H2. The van der Waals surface area contributed by atoms with Crippen LogP contribution in [0.1, 0.15) is 23.1 Å². The molecule has 0 saturated heterocycles. The van der Waals surface area contributed by atoms with Crippen LogP contribution in [0.2, 0.25) is 0 Å². The fourth-order valence-corrected chi connectivity index (χ4v) is 8.23. The Labute approximate surface area is 292 Å². The Kier molecular flexibility index (Phi) is 6.67. The minimum atomic E-state index is 0.993. The SMILES string of the molecule is c1ccc(-c2cccc(N(c3ccc(N4C5=C(c6ccccc6CC5)c5cccc6cccc4c56)cc3)c3cccc4ccccc34)c2)cc1. The number of fused-ring (bicyclic) bond motifs is 4. The zero-order valence-electron chi connectivity index (χ0n) is 27.6. The number of hydrogen-bond acceptors (Lipinski definition) is 2. The lowest BCUT2D eigenvalue weighted by Gasteiger charge is -2.38. The molecular formula is C48H34N2. The first kappa shape index (κ1) is 28.6. The van der Waals surface area contributed by atoms with Crippen molar-refractivity contribution in [1.29, 1.82) is 0 Å². The van der Waals surface area contributed by atoms with E-state index < -0.39 is 0 Å². The van der Waals surface area contributed by atoms with Crippen LogP contribution in [0, 0.1) is 0 Å². The Balaban J connectivity index is 1.15. The number of allylic oxidation sites excluding steroid dienone is 1. The first-order valence-corrected chi connectivity index (χ1v) is 17.5. The highest BCUT2D eigenvalue weighted by molar-refractivity contribution is 6.11. The first-order chi connectivity index (χ1) is 24.8. The summed E-state index contributed by atoms with van der Waals surface area (Å²) in [6.45, 7) is 0. The van der Waals surface area contributed by atoms with Gasteiger partial charge in [-0.15, -0.1) is 0 Å². The van der Waals surface area contributed by atoms with Gasteiger partial charge in [0.05, 0.1) is 11.4 Å². The van der Waals surface area contributed by atoms with E-state index in [2.05, 4.69) is 192 Å². The lowest BCUT2D eigenvalue weighted by molar-refractivity contribution is 0.883. The van der Waals surface area contributed by atoms with E-state index in [9.17, 15) is 0 Å². The molecule has 1 heterocycles. The quantitative estimate of drug-likeness (QED) is 0.185. The van der Waals surface area contributed by atoms with Crippen LogP contribution >= 0.6 is 0 Å². The molecule has 0 amide bonds. The van der Waals surface area contributed by atoms with Crippen LogP contribution in [0.4, 0.5) is 28.4 Å². The van der Waals surface area contributed by atoms with Crippen molar-refractivity contribution in [2.24, 2.45) is 0 Å². The third kappa shape index (κ3) is 4.57. The molecule has 0 unspecified atom stereocenters. The fraction of sp³-hybridized carbons (Fsp3) is 0.0417. The van der Waals surface area contributed by atoms with Gasteiger partial charge in [0.25, 0.3) is 0 Å². The minimum Gasteiger partial charge on any atom is -0.313 e. The van der Waals surface area contributed by atoms with Crippen LogP contribution in [0.25, 0.3) is 38.2 Å². The summed E-state index contributed by atoms with van der Waals surface area (Å²) in [6, 6.07) is 66.5. The molecule has 0 radical (unpaired) electrons. The molecule has 50 heavy (non-hydrogen) atoms. The summed E-state index contributed by atoms with van der Waals surface area (Å²) in [4.78, 5) is 4.94. The third-order valence-corrected chi connectivity index (χ3v) is 10.5. The Morgan fingerprint density at radius 1 is 0.460 bits per heavy atom. The molecule has 10 rings (SSSR count). The molecule has 0 spiro atoms. The van der Waals surface area contributed by atoms with Crippen molar-refractivity contribution < 1.29 is 0 Å². The van der Waals surface area contributed by atoms with Gasteiger partial charge in [0.15, 0.2) is 0 Å². The summed E-state index contributed by atoms with van der Waals surface area (Å²) in [5.41, 5.74) is 15.1. The summed E-state index contributed by atoms with van der Waals surface area (Å²) >= 11 is 0. The van der Waals surface area contributed by atoms with Crippen molar-refractivity contribution in [3.05, 3.63) is 204 Å². The molecule has 0 atom stereocenters. The largest absolute Gasteiger partial charge is 0.313 e. The zero-order valence-corrected chi connectivity index (χ0v) is 27.6. The second kappa shape index (κ2) is 11.6. The molecule has 2 aliphatic rings. The Bertz CT molecular complexity index is 2590.